The van der Waals surface area contributed by atoms with Crippen LogP contribution in [0.1, 0.15) is 11.1 Å². The first-order chi connectivity index (χ1) is 7.63. The van der Waals surface area contributed by atoms with E-state index in [9.17, 15) is 0 Å². The first-order valence-electron chi connectivity index (χ1n) is 4.89. The van der Waals surface area contributed by atoms with E-state index in [1.54, 1.807) is 18.4 Å². The maximum absolute atomic E-state index is 5.47. The standard InChI is InChI=1S/C12H12BrNOS/c1-7-4-5-9(11(15-3)8(7)2)12-14-10(13)6-16-12/h4-6H,1-3H3. The Morgan fingerprint density at radius 3 is 2.62 bits per heavy atom. The van der Waals surface area contributed by atoms with E-state index < -0.39 is 0 Å². The number of nitrogens with zero attached hydrogens (tertiary/aromatic N) is 1. The average Bonchev–Trinajstić information content (AvgIpc) is 2.68. The molecule has 84 valence electrons. The fraction of sp³-hybridized carbons (Fsp3) is 0.250. The summed E-state index contributed by atoms with van der Waals surface area (Å²) in [6.07, 6.45) is 0. The molecule has 1 aromatic carbocycles. The van der Waals surface area contributed by atoms with Crippen LogP contribution >= 0.6 is 27.3 Å². The SMILES string of the molecule is COc1c(-c2nc(Br)cs2)ccc(C)c1C. The zero-order valence-corrected chi connectivity index (χ0v) is 11.8. The normalized spacial score (nSPS) is 10.5. The monoisotopic (exact) mass is 297 g/mol. The molecule has 4 heteroatoms. The molecule has 2 nitrogen and oxygen atoms in total. The van der Waals surface area contributed by atoms with E-state index in [-0.39, 0.29) is 0 Å². The van der Waals surface area contributed by atoms with Gasteiger partial charge in [0.1, 0.15) is 15.4 Å². The molecule has 0 bridgehead atoms. The van der Waals surface area contributed by atoms with Gasteiger partial charge in [0, 0.05) is 5.38 Å². The van der Waals surface area contributed by atoms with Crippen molar-refractivity contribution >= 4 is 27.3 Å². The summed E-state index contributed by atoms with van der Waals surface area (Å²) in [6.45, 7) is 4.15. The van der Waals surface area contributed by atoms with Crippen molar-refractivity contribution in [2.24, 2.45) is 0 Å². The Labute approximate surface area is 107 Å². The number of benzene rings is 1. The zero-order valence-electron chi connectivity index (χ0n) is 9.37. The highest BCUT2D eigenvalue weighted by Crippen LogP contribution is 2.36. The third-order valence-electron chi connectivity index (χ3n) is 2.59. The summed E-state index contributed by atoms with van der Waals surface area (Å²) in [7, 11) is 1.70. The summed E-state index contributed by atoms with van der Waals surface area (Å²) < 4.78 is 6.34. The third kappa shape index (κ3) is 1.99. The van der Waals surface area contributed by atoms with E-state index in [2.05, 4.69) is 46.9 Å². The second-order valence-electron chi connectivity index (χ2n) is 3.56. The van der Waals surface area contributed by atoms with Gasteiger partial charge >= 0.3 is 0 Å². The van der Waals surface area contributed by atoms with Crippen molar-refractivity contribution < 1.29 is 4.74 Å². The maximum atomic E-state index is 5.47. The Hall–Kier alpha value is -0.870. The Morgan fingerprint density at radius 2 is 2.06 bits per heavy atom. The van der Waals surface area contributed by atoms with Gasteiger partial charge in [-0.05, 0) is 47.0 Å². The lowest BCUT2D eigenvalue weighted by molar-refractivity contribution is 0.413. The number of thiazole rings is 1. The molecular formula is C12H12BrNOS. The molecule has 0 saturated carbocycles. The van der Waals surface area contributed by atoms with Gasteiger partial charge < -0.3 is 4.74 Å². The number of methoxy groups -OCH3 is 1. The number of hydrogen-bond donors (Lipinski definition) is 0. The topological polar surface area (TPSA) is 22.1 Å². The highest BCUT2D eigenvalue weighted by atomic mass is 79.9. The van der Waals surface area contributed by atoms with Crippen molar-refractivity contribution in [3.63, 3.8) is 0 Å². The van der Waals surface area contributed by atoms with Crippen molar-refractivity contribution in [1.82, 2.24) is 4.98 Å². The number of aromatic nitrogens is 1. The molecule has 1 aromatic heterocycles. The minimum Gasteiger partial charge on any atom is -0.496 e. The molecule has 2 aromatic rings. The fourth-order valence-corrected chi connectivity index (χ4v) is 2.87. The molecule has 0 aliphatic heterocycles. The number of aryl methyl sites for hydroxylation is 1. The van der Waals surface area contributed by atoms with Crippen LogP contribution in [-0.2, 0) is 0 Å². The van der Waals surface area contributed by atoms with Gasteiger partial charge in [-0.3, -0.25) is 0 Å². The molecular weight excluding hydrogens is 286 g/mol. The van der Waals surface area contributed by atoms with Crippen LogP contribution in [0.3, 0.4) is 0 Å². The number of hydrogen-bond acceptors (Lipinski definition) is 3. The lowest BCUT2D eigenvalue weighted by atomic mass is 10.0. The zero-order chi connectivity index (χ0) is 11.7. The molecule has 1 heterocycles. The Kier molecular flexibility index (Phi) is 3.30. The largest absolute Gasteiger partial charge is 0.496 e. The maximum Gasteiger partial charge on any atom is 0.132 e. The van der Waals surface area contributed by atoms with Crippen molar-refractivity contribution in [1.29, 1.82) is 0 Å². The van der Waals surface area contributed by atoms with Gasteiger partial charge in [0.25, 0.3) is 0 Å². The molecule has 0 atom stereocenters. The summed E-state index contributed by atoms with van der Waals surface area (Å²) in [5.41, 5.74) is 3.46. The summed E-state index contributed by atoms with van der Waals surface area (Å²) in [5.74, 6) is 0.918. The van der Waals surface area contributed by atoms with E-state index in [1.165, 1.54) is 11.1 Å². The first-order valence-corrected chi connectivity index (χ1v) is 6.56. The molecule has 0 amide bonds. The van der Waals surface area contributed by atoms with E-state index in [1.807, 2.05) is 5.38 Å². The quantitative estimate of drug-likeness (QED) is 0.829. The van der Waals surface area contributed by atoms with Crippen molar-refractivity contribution in [3.05, 3.63) is 33.2 Å². The second-order valence-corrected chi connectivity index (χ2v) is 5.23. The average molecular weight is 298 g/mol. The van der Waals surface area contributed by atoms with Crippen LogP contribution in [0.4, 0.5) is 0 Å². The van der Waals surface area contributed by atoms with Crippen molar-refractivity contribution in [2.75, 3.05) is 7.11 Å². The molecule has 0 aliphatic rings. The van der Waals surface area contributed by atoms with Gasteiger partial charge in [0.05, 0.1) is 12.7 Å². The van der Waals surface area contributed by atoms with Gasteiger partial charge in [-0.1, -0.05) is 6.07 Å². The molecule has 0 N–H and O–H groups in total. The summed E-state index contributed by atoms with van der Waals surface area (Å²) in [4.78, 5) is 4.42. The van der Waals surface area contributed by atoms with E-state index in [4.69, 9.17) is 4.74 Å². The molecule has 0 unspecified atom stereocenters. The first kappa shape index (κ1) is 11.6. The Morgan fingerprint density at radius 1 is 1.31 bits per heavy atom. The fourth-order valence-electron chi connectivity index (χ4n) is 1.60. The smallest absolute Gasteiger partial charge is 0.132 e. The van der Waals surface area contributed by atoms with Gasteiger partial charge in [0.2, 0.25) is 0 Å². The number of rotatable bonds is 2. The lowest BCUT2D eigenvalue weighted by Crippen LogP contribution is -1.93. The predicted octanol–water partition coefficient (Wildman–Crippen LogP) is 4.20. The Balaban J connectivity index is 2.61. The molecule has 0 fully saturated rings. The second kappa shape index (κ2) is 4.55. The Bertz CT molecular complexity index is 522. The van der Waals surface area contributed by atoms with Crippen molar-refractivity contribution in [3.8, 4) is 16.3 Å². The predicted molar refractivity (Wildman–Crippen MR) is 71.3 cm³/mol. The third-order valence-corrected chi connectivity index (χ3v) is 4.17. The van der Waals surface area contributed by atoms with Crippen LogP contribution < -0.4 is 4.74 Å². The highest BCUT2D eigenvalue weighted by molar-refractivity contribution is 9.10. The summed E-state index contributed by atoms with van der Waals surface area (Å²) >= 11 is 4.98. The van der Waals surface area contributed by atoms with Crippen LogP contribution in [-0.4, -0.2) is 12.1 Å². The summed E-state index contributed by atoms with van der Waals surface area (Å²) in [6, 6.07) is 4.16. The molecule has 0 saturated heterocycles. The van der Waals surface area contributed by atoms with Crippen LogP contribution in [0.25, 0.3) is 10.6 Å². The van der Waals surface area contributed by atoms with Crippen LogP contribution in [0.2, 0.25) is 0 Å². The van der Waals surface area contributed by atoms with Crippen LogP contribution in [0, 0.1) is 13.8 Å². The summed E-state index contributed by atoms with van der Waals surface area (Å²) in [5, 5.41) is 2.95. The van der Waals surface area contributed by atoms with E-state index in [0.29, 0.717) is 0 Å². The lowest BCUT2D eigenvalue weighted by Gasteiger charge is -2.11. The van der Waals surface area contributed by atoms with Gasteiger partial charge in [0.15, 0.2) is 0 Å². The minimum atomic E-state index is 0.868. The molecule has 2 rings (SSSR count). The minimum absolute atomic E-state index is 0.868. The van der Waals surface area contributed by atoms with E-state index >= 15 is 0 Å². The van der Waals surface area contributed by atoms with Crippen molar-refractivity contribution in [2.45, 2.75) is 13.8 Å². The molecule has 0 aliphatic carbocycles. The van der Waals surface area contributed by atoms with Gasteiger partial charge in [-0.25, -0.2) is 4.98 Å². The number of ether oxygens (including phenoxy) is 1. The van der Waals surface area contributed by atoms with Gasteiger partial charge in [-0.15, -0.1) is 11.3 Å². The number of halogens is 1. The van der Waals surface area contributed by atoms with Gasteiger partial charge in [-0.2, -0.15) is 0 Å². The molecule has 0 radical (unpaired) electrons. The van der Waals surface area contributed by atoms with Crippen LogP contribution in [0.15, 0.2) is 22.1 Å². The highest BCUT2D eigenvalue weighted by Gasteiger charge is 2.12. The van der Waals surface area contributed by atoms with E-state index in [0.717, 1.165) is 20.9 Å². The van der Waals surface area contributed by atoms with Crippen LogP contribution in [0.5, 0.6) is 5.75 Å². The molecule has 16 heavy (non-hydrogen) atoms. The molecule has 0 spiro atoms.